The highest BCUT2D eigenvalue weighted by Gasteiger charge is 2.29. The first-order chi connectivity index (χ1) is 8.13. The molecule has 2 N–H and O–H groups in total. The predicted molar refractivity (Wildman–Crippen MR) is 74.5 cm³/mol. The van der Waals surface area contributed by atoms with Crippen LogP contribution in [-0.2, 0) is 0 Å². The number of rotatable bonds is 2. The van der Waals surface area contributed by atoms with E-state index in [9.17, 15) is 9.18 Å². The van der Waals surface area contributed by atoms with Crippen molar-refractivity contribution < 1.29 is 9.18 Å². The molecule has 1 saturated heterocycles. The average Bonchev–Trinajstić information content (AvgIpc) is 2.76. The maximum absolute atomic E-state index is 13.7. The number of nitrogens with two attached hydrogens (primary N) is 1. The molecule has 1 aliphatic rings. The smallest absolute Gasteiger partial charge is 0.257 e. The van der Waals surface area contributed by atoms with Gasteiger partial charge < -0.3 is 10.6 Å². The standard InChI is InChI=1S/C12H14BrFN2O.ClH/c13-8-3-4-10(11(14)6-8)12(17)16-5-1-2-9(16)7-15;/h3-4,6,9H,1-2,5,7,15H2;1H. The zero-order valence-electron chi connectivity index (χ0n) is 9.73. The highest BCUT2D eigenvalue weighted by atomic mass is 79.9. The molecule has 0 radical (unpaired) electrons. The zero-order valence-corrected chi connectivity index (χ0v) is 12.1. The van der Waals surface area contributed by atoms with Crippen LogP contribution in [0.2, 0.25) is 0 Å². The minimum Gasteiger partial charge on any atom is -0.334 e. The van der Waals surface area contributed by atoms with Gasteiger partial charge in [0.15, 0.2) is 0 Å². The number of benzene rings is 1. The van der Waals surface area contributed by atoms with E-state index < -0.39 is 5.82 Å². The van der Waals surface area contributed by atoms with Gasteiger partial charge in [0.1, 0.15) is 5.82 Å². The van der Waals surface area contributed by atoms with Crippen LogP contribution in [0.4, 0.5) is 4.39 Å². The molecule has 0 saturated carbocycles. The van der Waals surface area contributed by atoms with Crippen molar-refractivity contribution in [3.63, 3.8) is 0 Å². The lowest BCUT2D eigenvalue weighted by atomic mass is 10.1. The van der Waals surface area contributed by atoms with Crippen LogP contribution in [0.3, 0.4) is 0 Å². The van der Waals surface area contributed by atoms with E-state index in [1.807, 2.05) is 0 Å². The van der Waals surface area contributed by atoms with Gasteiger partial charge in [-0.05, 0) is 31.0 Å². The van der Waals surface area contributed by atoms with E-state index >= 15 is 0 Å². The van der Waals surface area contributed by atoms with Crippen molar-refractivity contribution in [2.45, 2.75) is 18.9 Å². The lowest BCUT2D eigenvalue weighted by molar-refractivity contribution is 0.0736. The molecule has 0 aromatic heterocycles. The number of likely N-dealkylation sites (tertiary alicyclic amines) is 1. The van der Waals surface area contributed by atoms with Crippen LogP contribution >= 0.6 is 28.3 Å². The molecule has 100 valence electrons. The maximum Gasteiger partial charge on any atom is 0.257 e. The Morgan fingerprint density at radius 1 is 1.56 bits per heavy atom. The molecule has 1 fully saturated rings. The first-order valence-electron chi connectivity index (χ1n) is 5.59. The van der Waals surface area contributed by atoms with E-state index in [0.29, 0.717) is 17.6 Å². The van der Waals surface area contributed by atoms with Crippen molar-refractivity contribution in [3.8, 4) is 0 Å². The fourth-order valence-electron chi connectivity index (χ4n) is 2.17. The molecule has 0 spiro atoms. The average molecular weight is 338 g/mol. The summed E-state index contributed by atoms with van der Waals surface area (Å²) >= 11 is 3.17. The van der Waals surface area contributed by atoms with Crippen LogP contribution in [0, 0.1) is 5.82 Å². The molecule has 3 nitrogen and oxygen atoms in total. The zero-order chi connectivity index (χ0) is 12.4. The molecule has 1 heterocycles. The number of hydrogen-bond donors (Lipinski definition) is 1. The highest BCUT2D eigenvalue weighted by Crippen LogP contribution is 2.22. The van der Waals surface area contributed by atoms with Gasteiger partial charge in [-0.2, -0.15) is 0 Å². The van der Waals surface area contributed by atoms with Gasteiger partial charge in [-0.1, -0.05) is 15.9 Å². The molecule has 0 bridgehead atoms. The van der Waals surface area contributed by atoms with Gasteiger partial charge in [0, 0.05) is 23.6 Å². The first-order valence-corrected chi connectivity index (χ1v) is 6.39. The van der Waals surface area contributed by atoms with E-state index in [1.165, 1.54) is 12.1 Å². The Hall–Kier alpha value is -0.650. The van der Waals surface area contributed by atoms with Gasteiger partial charge in [-0.15, -0.1) is 12.4 Å². The Morgan fingerprint density at radius 3 is 2.89 bits per heavy atom. The molecular weight excluding hydrogens is 322 g/mol. The van der Waals surface area contributed by atoms with Gasteiger partial charge in [-0.25, -0.2) is 4.39 Å². The number of hydrogen-bond acceptors (Lipinski definition) is 2. The monoisotopic (exact) mass is 336 g/mol. The van der Waals surface area contributed by atoms with Crippen LogP contribution < -0.4 is 5.73 Å². The van der Waals surface area contributed by atoms with Crippen LogP contribution in [0.15, 0.2) is 22.7 Å². The number of amides is 1. The van der Waals surface area contributed by atoms with Crippen molar-refractivity contribution in [1.82, 2.24) is 4.90 Å². The second kappa shape index (κ2) is 6.50. The van der Waals surface area contributed by atoms with Crippen LogP contribution in [0.5, 0.6) is 0 Å². The minimum absolute atomic E-state index is 0. The second-order valence-electron chi connectivity index (χ2n) is 4.15. The summed E-state index contributed by atoms with van der Waals surface area (Å²) in [6, 6.07) is 4.53. The molecule has 0 aliphatic carbocycles. The third kappa shape index (κ3) is 3.02. The summed E-state index contributed by atoms with van der Waals surface area (Å²) < 4.78 is 14.3. The molecular formula is C12H15BrClFN2O. The summed E-state index contributed by atoms with van der Waals surface area (Å²) in [6.45, 7) is 1.10. The lowest BCUT2D eigenvalue weighted by Gasteiger charge is -2.23. The van der Waals surface area contributed by atoms with Gasteiger partial charge in [0.05, 0.1) is 5.56 Å². The van der Waals surface area contributed by atoms with Crippen molar-refractivity contribution in [2.75, 3.05) is 13.1 Å². The Balaban J connectivity index is 0.00000162. The first kappa shape index (κ1) is 15.4. The third-order valence-electron chi connectivity index (χ3n) is 3.07. The van der Waals surface area contributed by atoms with E-state index in [0.717, 1.165) is 12.8 Å². The molecule has 1 atom stereocenters. The molecule has 18 heavy (non-hydrogen) atoms. The molecule has 1 aliphatic heterocycles. The summed E-state index contributed by atoms with van der Waals surface area (Å²) in [5.74, 6) is -0.755. The van der Waals surface area contributed by atoms with E-state index in [-0.39, 0.29) is 29.9 Å². The predicted octanol–water partition coefficient (Wildman–Crippen LogP) is 2.57. The normalized spacial score (nSPS) is 18.6. The molecule has 1 aromatic rings. The summed E-state index contributed by atoms with van der Waals surface area (Å²) in [7, 11) is 0. The topological polar surface area (TPSA) is 46.3 Å². The summed E-state index contributed by atoms with van der Waals surface area (Å²) in [6.07, 6.45) is 1.84. The van der Waals surface area contributed by atoms with E-state index in [2.05, 4.69) is 15.9 Å². The molecule has 2 rings (SSSR count). The molecule has 1 aromatic carbocycles. The number of nitrogens with zero attached hydrogens (tertiary/aromatic N) is 1. The van der Waals surface area contributed by atoms with Crippen LogP contribution in [-0.4, -0.2) is 29.9 Å². The quantitative estimate of drug-likeness (QED) is 0.901. The van der Waals surface area contributed by atoms with Crippen molar-refractivity contribution >= 4 is 34.2 Å². The third-order valence-corrected chi connectivity index (χ3v) is 3.56. The Morgan fingerprint density at radius 2 is 2.28 bits per heavy atom. The van der Waals surface area contributed by atoms with Gasteiger partial charge >= 0.3 is 0 Å². The van der Waals surface area contributed by atoms with Crippen LogP contribution in [0.25, 0.3) is 0 Å². The largest absolute Gasteiger partial charge is 0.334 e. The Labute approximate surface area is 120 Å². The SMILES string of the molecule is Cl.NCC1CCCN1C(=O)c1ccc(Br)cc1F. The van der Waals surface area contributed by atoms with Gasteiger partial charge in [0.2, 0.25) is 0 Å². The van der Waals surface area contributed by atoms with Gasteiger partial charge in [-0.3, -0.25) is 4.79 Å². The van der Waals surface area contributed by atoms with Gasteiger partial charge in [0.25, 0.3) is 5.91 Å². The van der Waals surface area contributed by atoms with Crippen molar-refractivity contribution in [3.05, 3.63) is 34.1 Å². The fraction of sp³-hybridized carbons (Fsp3) is 0.417. The second-order valence-corrected chi connectivity index (χ2v) is 5.07. The summed E-state index contributed by atoms with van der Waals surface area (Å²) in [5, 5.41) is 0. The molecule has 1 amide bonds. The van der Waals surface area contributed by atoms with E-state index in [4.69, 9.17) is 5.73 Å². The number of carbonyl (C=O) groups excluding carboxylic acids is 1. The lowest BCUT2D eigenvalue weighted by Crippen LogP contribution is -2.40. The van der Waals surface area contributed by atoms with Crippen molar-refractivity contribution in [2.24, 2.45) is 5.73 Å². The van der Waals surface area contributed by atoms with E-state index in [1.54, 1.807) is 11.0 Å². The number of carbonyl (C=O) groups is 1. The Bertz CT molecular complexity index is 444. The summed E-state index contributed by atoms with van der Waals surface area (Å²) in [5.41, 5.74) is 5.73. The maximum atomic E-state index is 13.7. The Kier molecular flexibility index (Phi) is 5.56. The number of halogens is 3. The summed E-state index contributed by atoms with van der Waals surface area (Å²) in [4.78, 5) is 13.8. The highest BCUT2D eigenvalue weighted by molar-refractivity contribution is 9.10. The van der Waals surface area contributed by atoms with Crippen LogP contribution in [0.1, 0.15) is 23.2 Å². The van der Waals surface area contributed by atoms with Crippen molar-refractivity contribution in [1.29, 1.82) is 0 Å². The fourth-order valence-corrected chi connectivity index (χ4v) is 2.50. The molecule has 6 heteroatoms. The minimum atomic E-state index is -0.493. The molecule has 1 unspecified atom stereocenters.